The molecule has 3 N–H and O–H groups in total. The summed E-state index contributed by atoms with van der Waals surface area (Å²) in [7, 11) is 0. The molecule has 0 bridgehead atoms. The highest BCUT2D eigenvalue weighted by Crippen LogP contribution is 2.22. The summed E-state index contributed by atoms with van der Waals surface area (Å²) in [6.07, 6.45) is 3.55. The first kappa shape index (κ1) is 25.0. The Morgan fingerprint density at radius 2 is 1.59 bits per heavy atom. The van der Waals surface area contributed by atoms with Gasteiger partial charge in [-0.15, -0.1) is 0 Å². The van der Waals surface area contributed by atoms with Crippen LogP contribution in [0.1, 0.15) is 24.1 Å². The van der Waals surface area contributed by atoms with Crippen molar-refractivity contribution in [3.8, 4) is 0 Å². The number of likely N-dealkylation sites (tertiary alicyclic amines) is 1. The van der Waals surface area contributed by atoms with E-state index in [-0.39, 0.29) is 18.4 Å². The van der Waals surface area contributed by atoms with Crippen molar-refractivity contribution in [1.82, 2.24) is 14.8 Å². The second-order valence-electron chi connectivity index (χ2n) is 7.45. The lowest BCUT2D eigenvalue weighted by atomic mass is 9.95. The standard InChI is InChI=1S/C21H27N3O2.C2H2O4/c25-15-14-24(16-18-6-2-1-3-7-18)21(26)19-9-12-23(13-10-19)17-20-8-4-5-11-22-20;3-1(4)2(5)6/h1-8,11,19,25H,9-10,12-17H2;(H,3,4)(H,5,6). The minimum atomic E-state index is -1.82. The molecular formula is C23H29N3O6. The van der Waals surface area contributed by atoms with Gasteiger partial charge in [0.05, 0.1) is 12.3 Å². The van der Waals surface area contributed by atoms with Crippen molar-refractivity contribution in [3.63, 3.8) is 0 Å². The number of hydrogen-bond acceptors (Lipinski definition) is 6. The van der Waals surface area contributed by atoms with E-state index < -0.39 is 11.9 Å². The molecule has 0 atom stereocenters. The summed E-state index contributed by atoms with van der Waals surface area (Å²) >= 11 is 0. The average Bonchev–Trinajstić information content (AvgIpc) is 2.80. The third-order valence-corrected chi connectivity index (χ3v) is 5.13. The number of aromatic nitrogens is 1. The van der Waals surface area contributed by atoms with E-state index in [1.807, 2.05) is 54.7 Å². The Kier molecular flexibility index (Phi) is 10.3. The summed E-state index contributed by atoms with van der Waals surface area (Å²) in [4.78, 5) is 39.7. The van der Waals surface area contributed by atoms with Gasteiger partial charge in [0.2, 0.25) is 5.91 Å². The van der Waals surface area contributed by atoms with Gasteiger partial charge in [0.1, 0.15) is 0 Å². The maximum Gasteiger partial charge on any atom is 0.414 e. The number of carboxylic acids is 2. The lowest BCUT2D eigenvalue weighted by Crippen LogP contribution is -2.43. The highest BCUT2D eigenvalue weighted by atomic mass is 16.4. The van der Waals surface area contributed by atoms with Crippen LogP contribution < -0.4 is 0 Å². The Morgan fingerprint density at radius 1 is 0.969 bits per heavy atom. The van der Waals surface area contributed by atoms with Crippen LogP contribution in [0.3, 0.4) is 0 Å². The Bertz CT molecular complexity index is 843. The minimum absolute atomic E-state index is 0.00288. The average molecular weight is 444 g/mol. The predicted octanol–water partition coefficient (Wildman–Crippen LogP) is 1.47. The van der Waals surface area contributed by atoms with Gasteiger partial charge in [0.15, 0.2) is 0 Å². The molecule has 1 aliphatic heterocycles. The highest BCUT2D eigenvalue weighted by Gasteiger charge is 2.28. The second kappa shape index (κ2) is 13.2. The molecule has 172 valence electrons. The summed E-state index contributed by atoms with van der Waals surface area (Å²) in [5.74, 6) is -3.43. The lowest BCUT2D eigenvalue weighted by molar-refractivity contribution is -0.159. The van der Waals surface area contributed by atoms with Gasteiger partial charge in [0, 0.05) is 31.7 Å². The van der Waals surface area contributed by atoms with Crippen molar-refractivity contribution in [3.05, 3.63) is 66.0 Å². The number of amides is 1. The fraction of sp³-hybridized carbons (Fsp3) is 0.391. The SMILES string of the molecule is O=C(C1CCN(Cc2ccccn2)CC1)N(CCO)Cc1ccccc1.O=C(O)C(=O)O. The van der Waals surface area contributed by atoms with Gasteiger partial charge in [-0.1, -0.05) is 36.4 Å². The van der Waals surface area contributed by atoms with Crippen LogP contribution in [-0.2, 0) is 27.5 Å². The van der Waals surface area contributed by atoms with Crippen LogP contribution in [0.15, 0.2) is 54.7 Å². The van der Waals surface area contributed by atoms with Gasteiger partial charge in [-0.25, -0.2) is 9.59 Å². The number of aliphatic hydroxyl groups is 1. The van der Waals surface area contributed by atoms with Crippen molar-refractivity contribution >= 4 is 17.8 Å². The topological polar surface area (TPSA) is 131 Å². The maximum absolute atomic E-state index is 12.9. The molecule has 0 unspecified atom stereocenters. The molecule has 0 aliphatic carbocycles. The highest BCUT2D eigenvalue weighted by molar-refractivity contribution is 6.27. The molecule has 1 saturated heterocycles. The van der Waals surface area contributed by atoms with Crippen LogP contribution in [0.4, 0.5) is 0 Å². The van der Waals surface area contributed by atoms with E-state index in [0.29, 0.717) is 13.1 Å². The number of rotatable bonds is 7. The zero-order valence-corrected chi connectivity index (χ0v) is 17.8. The molecule has 0 spiro atoms. The number of aliphatic hydroxyl groups excluding tert-OH is 1. The zero-order chi connectivity index (χ0) is 23.3. The number of pyridine rings is 1. The van der Waals surface area contributed by atoms with E-state index in [4.69, 9.17) is 19.8 Å². The Morgan fingerprint density at radius 3 is 2.12 bits per heavy atom. The second-order valence-corrected chi connectivity index (χ2v) is 7.45. The fourth-order valence-corrected chi connectivity index (χ4v) is 3.51. The van der Waals surface area contributed by atoms with Crippen molar-refractivity contribution in [2.45, 2.75) is 25.9 Å². The van der Waals surface area contributed by atoms with Crippen LogP contribution in [0.2, 0.25) is 0 Å². The molecule has 1 aromatic heterocycles. The van der Waals surface area contributed by atoms with E-state index >= 15 is 0 Å². The van der Waals surface area contributed by atoms with Gasteiger partial charge in [-0.05, 0) is 43.6 Å². The van der Waals surface area contributed by atoms with E-state index in [2.05, 4.69) is 9.88 Å². The fourth-order valence-electron chi connectivity index (χ4n) is 3.51. The lowest BCUT2D eigenvalue weighted by Gasteiger charge is -2.34. The van der Waals surface area contributed by atoms with Crippen molar-refractivity contribution < 1.29 is 29.7 Å². The van der Waals surface area contributed by atoms with Crippen molar-refractivity contribution in [2.75, 3.05) is 26.2 Å². The van der Waals surface area contributed by atoms with Crippen LogP contribution in [0.5, 0.6) is 0 Å². The number of piperidine rings is 1. The first-order valence-electron chi connectivity index (χ1n) is 10.4. The summed E-state index contributed by atoms with van der Waals surface area (Å²) in [5, 5.41) is 24.1. The number of carbonyl (C=O) groups is 3. The Labute approximate surface area is 186 Å². The number of aliphatic carboxylic acids is 2. The molecule has 9 heteroatoms. The maximum atomic E-state index is 12.9. The predicted molar refractivity (Wildman–Crippen MR) is 116 cm³/mol. The molecule has 32 heavy (non-hydrogen) atoms. The summed E-state index contributed by atoms with van der Waals surface area (Å²) in [6.45, 7) is 3.61. The van der Waals surface area contributed by atoms with Crippen LogP contribution in [0, 0.1) is 5.92 Å². The largest absolute Gasteiger partial charge is 0.473 e. The van der Waals surface area contributed by atoms with E-state index in [9.17, 15) is 9.90 Å². The molecule has 1 fully saturated rings. The molecular weight excluding hydrogens is 414 g/mol. The van der Waals surface area contributed by atoms with Crippen LogP contribution in [-0.4, -0.2) is 74.2 Å². The normalized spacial score (nSPS) is 14.2. The first-order chi connectivity index (χ1) is 15.4. The first-order valence-corrected chi connectivity index (χ1v) is 10.4. The van der Waals surface area contributed by atoms with E-state index in [1.165, 1.54) is 0 Å². The van der Waals surface area contributed by atoms with Crippen LogP contribution in [0.25, 0.3) is 0 Å². The smallest absolute Gasteiger partial charge is 0.414 e. The summed E-state index contributed by atoms with van der Waals surface area (Å²) in [5.41, 5.74) is 2.17. The minimum Gasteiger partial charge on any atom is -0.473 e. The van der Waals surface area contributed by atoms with Crippen molar-refractivity contribution in [1.29, 1.82) is 0 Å². The number of carboxylic acid groups (broad SMARTS) is 2. The monoisotopic (exact) mass is 443 g/mol. The third kappa shape index (κ3) is 8.44. The van der Waals surface area contributed by atoms with Crippen molar-refractivity contribution in [2.24, 2.45) is 5.92 Å². The van der Waals surface area contributed by atoms with E-state index in [1.54, 1.807) is 4.90 Å². The molecule has 0 radical (unpaired) electrons. The van der Waals surface area contributed by atoms with E-state index in [0.717, 1.165) is 43.7 Å². The zero-order valence-electron chi connectivity index (χ0n) is 17.8. The third-order valence-electron chi connectivity index (χ3n) is 5.13. The quantitative estimate of drug-likeness (QED) is 0.548. The molecule has 2 aromatic rings. The number of carbonyl (C=O) groups excluding carboxylic acids is 1. The molecule has 2 heterocycles. The summed E-state index contributed by atoms with van der Waals surface area (Å²) < 4.78 is 0. The van der Waals surface area contributed by atoms with Gasteiger partial charge in [0.25, 0.3) is 0 Å². The molecule has 1 aliphatic rings. The Balaban J connectivity index is 0.000000534. The molecule has 1 amide bonds. The summed E-state index contributed by atoms with van der Waals surface area (Å²) in [6, 6.07) is 15.9. The number of hydrogen-bond donors (Lipinski definition) is 3. The number of benzene rings is 1. The molecule has 1 aromatic carbocycles. The van der Waals surface area contributed by atoms with Gasteiger partial charge in [-0.2, -0.15) is 0 Å². The Hall–Kier alpha value is -3.30. The van der Waals surface area contributed by atoms with Crippen LogP contribution >= 0.6 is 0 Å². The van der Waals surface area contributed by atoms with Gasteiger partial charge in [-0.3, -0.25) is 14.7 Å². The van der Waals surface area contributed by atoms with Gasteiger partial charge < -0.3 is 20.2 Å². The molecule has 0 saturated carbocycles. The molecule has 9 nitrogen and oxygen atoms in total. The van der Waals surface area contributed by atoms with Gasteiger partial charge >= 0.3 is 11.9 Å². The number of nitrogens with zero attached hydrogens (tertiary/aromatic N) is 3. The molecule has 3 rings (SSSR count).